The highest BCUT2D eigenvalue weighted by Gasteiger charge is 2.01. The molecular weight excluding hydrogens is 210 g/mol. The van der Waals surface area contributed by atoms with E-state index >= 15 is 0 Å². The molecule has 0 saturated carbocycles. The third-order valence-corrected chi connectivity index (χ3v) is 2.95. The van der Waals surface area contributed by atoms with E-state index in [2.05, 4.69) is 12.2 Å². The first-order valence-corrected chi connectivity index (χ1v) is 6.38. The van der Waals surface area contributed by atoms with E-state index in [0.717, 1.165) is 10.6 Å². The largest absolute Gasteiger partial charge is 0.383 e. The number of methoxy groups -OCH3 is 1. The minimum absolute atomic E-state index is 0.271. The van der Waals surface area contributed by atoms with Gasteiger partial charge in [-0.1, -0.05) is 0 Å². The molecule has 0 radical (unpaired) electrons. The molecule has 1 rings (SSSR count). The summed E-state index contributed by atoms with van der Waals surface area (Å²) in [6.07, 6.45) is 1.68. The zero-order valence-corrected chi connectivity index (χ0v) is 10.1. The van der Waals surface area contributed by atoms with Crippen molar-refractivity contribution >= 4 is 16.5 Å². The van der Waals surface area contributed by atoms with Crippen LogP contribution < -0.4 is 5.32 Å². The first-order chi connectivity index (χ1) is 7.13. The Morgan fingerprint density at radius 2 is 2.00 bits per heavy atom. The molecule has 1 aromatic rings. The van der Waals surface area contributed by atoms with Gasteiger partial charge in [-0.05, 0) is 31.2 Å². The fourth-order valence-corrected chi connectivity index (χ4v) is 1.84. The molecule has 0 unspecified atom stereocenters. The molecule has 0 aromatic heterocycles. The van der Waals surface area contributed by atoms with Crippen LogP contribution >= 0.6 is 0 Å². The second-order valence-corrected chi connectivity index (χ2v) is 4.86. The van der Waals surface area contributed by atoms with Crippen molar-refractivity contribution in [3.63, 3.8) is 0 Å². The molecule has 0 aliphatic rings. The highest BCUT2D eigenvalue weighted by Crippen LogP contribution is 2.12. The maximum absolute atomic E-state index is 11.2. The monoisotopic (exact) mass is 227 g/mol. The van der Waals surface area contributed by atoms with Gasteiger partial charge in [-0.3, -0.25) is 4.21 Å². The Balaban J connectivity index is 2.60. The van der Waals surface area contributed by atoms with Crippen LogP contribution in [-0.2, 0) is 15.5 Å². The Hall–Kier alpha value is -0.870. The molecule has 0 aliphatic carbocycles. The van der Waals surface area contributed by atoms with E-state index < -0.39 is 10.8 Å². The van der Waals surface area contributed by atoms with Gasteiger partial charge in [0.25, 0.3) is 0 Å². The Morgan fingerprint density at radius 1 is 1.40 bits per heavy atom. The highest BCUT2D eigenvalue weighted by atomic mass is 32.2. The van der Waals surface area contributed by atoms with Crippen LogP contribution in [0.2, 0.25) is 0 Å². The molecule has 2 atom stereocenters. The van der Waals surface area contributed by atoms with E-state index in [1.54, 1.807) is 13.4 Å². The van der Waals surface area contributed by atoms with Gasteiger partial charge in [0.05, 0.1) is 6.61 Å². The molecule has 15 heavy (non-hydrogen) atoms. The maximum atomic E-state index is 11.2. The van der Waals surface area contributed by atoms with Gasteiger partial charge in [0, 0.05) is 40.8 Å². The van der Waals surface area contributed by atoms with Gasteiger partial charge in [0.2, 0.25) is 0 Å². The third kappa shape index (κ3) is 4.01. The maximum Gasteiger partial charge on any atom is 0.0661 e. The SMILES string of the molecule is COC[C@@H](C)Nc1ccc([S@](C)=O)cc1. The molecule has 84 valence electrons. The summed E-state index contributed by atoms with van der Waals surface area (Å²) in [4.78, 5) is 0.847. The first kappa shape index (κ1) is 12.2. The predicted octanol–water partition coefficient (Wildman–Crippen LogP) is 1.87. The van der Waals surface area contributed by atoms with Crippen molar-refractivity contribution < 1.29 is 8.95 Å². The lowest BCUT2D eigenvalue weighted by Crippen LogP contribution is -2.20. The van der Waals surface area contributed by atoms with Crippen LogP contribution in [0.3, 0.4) is 0 Å². The van der Waals surface area contributed by atoms with E-state index in [1.165, 1.54) is 0 Å². The molecule has 0 aliphatic heterocycles. The average Bonchev–Trinajstić information content (AvgIpc) is 2.18. The summed E-state index contributed by atoms with van der Waals surface area (Å²) in [5, 5.41) is 3.28. The molecule has 1 aromatic carbocycles. The van der Waals surface area contributed by atoms with Crippen LogP contribution in [0.1, 0.15) is 6.92 Å². The summed E-state index contributed by atoms with van der Waals surface area (Å²) in [7, 11) is 0.776. The second kappa shape index (κ2) is 5.88. The topological polar surface area (TPSA) is 38.3 Å². The lowest BCUT2D eigenvalue weighted by molar-refractivity contribution is 0.190. The molecule has 0 spiro atoms. The van der Waals surface area contributed by atoms with Crippen molar-refractivity contribution in [2.45, 2.75) is 17.9 Å². The number of hydrogen-bond acceptors (Lipinski definition) is 3. The molecule has 0 amide bonds. The standard InChI is InChI=1S/C11H17NO2S/c1-9(8-14-2)12-10-4-6-11(7-5-10)15(3)13/h4-7,9,12H,8H2,1-3H3/t9-,15+/m1/s1. The van der Waals surface area contributed by atoms with Gasteiger partial charge in [-0.25, -0.2) is 0 Å². The highest BCUT2D eigenvalue weighted by molar-refractivity contribution is 7.84. The van der Waals surface area contributed by atoms with E-state index in [-0.39, 0.29) is 6.04 Å². The molecule has 4 heteroatoms. The number of hydrogen-bond donors (Lipinski definition) is 1. The van der Waals surface area contributed by atoms with Crippen molar-refractivity contribution in [2.75, 3.05) is 25.3 Å². The fourth-order valence-electron chi connectivity index (χ4n) is 1.32. The predicted molar refractivity (Wildman–Crippen MR) is 63.7 cm³/mol. The molecule has 0 saturated heterocycles. The van der Waals surface area contributed by atoms with Gasteiger partial charge < -0.3 is 10.1 Å². The lowest BCUT2D eigenvalue weighted by Gasteiger charge is -2.14. The smallest absolute Gasteiger partial charge is 0.0661 e. The Morgan fingerprint density at radius 3 is 2.47 bits per heavy atom. The molecule has 1 N–H and O–H groups in total. The summed E-state index contributed by atoms with van der Waals surface area (Å²) in [5.41, 5.74) is 1.02. The molecule has 0 bridgehead atoms. The Labute approximate surface area is 93.3 Å². The van der Waals surface area contributed by atoms with E-state index in [4.69, 9.17) is 4.74 Å². The van der Waals surface area contributed by atoms with Crippen LogP contribution in [-0.4, -0.2) is 30.2 Å². The van der Waals surface area contributed by atoms with Crippen molar-refractivity contribution in [1.29, 1.82) is 0 Å². The summed E-state index contributed by atoms with van der Waals surface area (Å²) in [6.45, 7) is 2.72. The second-order valence-electron chi connectivity index (χ2n) is 3.48. The van der Waals surface area contributed by atoms with Crippen molar-refractivity contribution in [1.82, 2.24) is 0 Å². The van der Waals surface area contributed by atoms with Crippen LogP contribution in [0, 0.1) is 0 Å². The molecule has 0 heterocycles. The van der Waals surface area contributed by atoms with Crippen LogP contribution in [0.15, 0.2) is 29.2 Å². The minimum atomic E-state index is -0.906. The Bertz CT molecular complexity index is 324. The van der Waals surface area contributed by atoms with E-state index in [1.807, 2.05) is 24.3 Å². The van der Waals surface area contributed by atoms with Gasteiger partial charge >= 0.3 is 0 Å². The van der Waals surface area contributed by atoms with E-state index in [9.17, 15) is 4.21 Å². The number of benzene rings is 1. The fraction of sp³-hybridized carbons (Fsp3) is 0.455. The first-order valence-electron chi connectivity index (χ1n) is 4.82. The number of anilines is 1. The van der Waals surface area contributed by atoms with Gasteiger partial charge in [-0.15, -0.1) is 0 Å². The summed E-state index contributed by atoms with van der Waals surface area (Å²) in [5.74, 6) is 0. The summed E-state index contributed by atoms with van der Waals surface area (Å²) < 4.78 is 16.2. The molecule has 3 nitrogen and oxygen atoms in total. The van der Waals surface area contributed by atoms with Gasteiger partial charge in [-0.2, -0.15) is 0 Å². The van der Waals surface area contributed by atoms with Gasteiger partial charge in [0.15, 0.2) is 0 Å². The van der Waals surface area contributed by atoms with E-state index in [0.29, 0.717) is 6.61 Å². The van der Waals surface area contributed by atoms with Crippen LogP contribution in [0.5, 0.6) is 0 Å². The zero-order valence-electron chi connectivity index (χ0n) is 9.32. The molecule has 0 fully saturated rings. The summed E-state index contributed by atoms with van der Waals surface area (Å²) >= 11 is 0. The van der Waals surface area contributed by atoms with Crippen molar-refractivity contribution in [3.8, 4) is 0 Å². The lowest BCUT2D eigenvalue weighted by atomic mass is 10.3. The Kier molecular flexibility index (Phi) is 4.78. The third-order valence-electron chi connectivity index (χ3n) is 2.02. The normalized spacial score (nSPS) is 14.6. The zero-order chi connectivity index (χ0) is 11.3. The molecular formula is C11H17NO2S. The average molecular weight is 227 g/mol. The minimum Gasteiger partial charge on any atom is -0.383 e. The van der Waals surface area contributed by atoms with Crippen LogP contribution in [0.25, 0.3) is 0 Å². The summed E-state index contributed by atoms with van der Waals surface area (Å²) in [6, 6.07) is 7.88. The number of ether oxygens (including phenoxy) is 1. The van der Waals surface area contributed by atoms with Crippen molar-refractivity contribution in [3.05, 3.63) is 24.3 Å². The van der Waals surface area contributed by atoms with Gasteiger partial charge in [0.1, 0.15) is 0 Å². The van der Waals surface area contributed by atoms with Crippen LogP contribution in [0.4, 0.5) is 5.69 Å². The quantitative estimate of drug-likeness (QED) is 0.834. The number of nitrogens with one attached hydrogen (secondary N) is 1. The van der Waals surface area contributed by atoms with Crippen molar-refractivity contribution in [2.24, 2.45) is 0 Å². The number of rotatable bonds is 5.